The van der Waals surface area contributed by atoms with Crippen LogP contribution in [0.5, 0.6) is 0 Å². The minimum atomic E-state index is -0.359. The molecule has 1 unspecified atom stereocenters. The standard InChI is InChI=1S/C12H14BrClO/c13-10-5-9(6-11(14)7-10)12(15)8-3-1-2-4-8/h5-8,12,15H,1-4H2. The van der Waals surface area contributed by atoms with E-state index < -0.39 is 0 Å². The van der Waals surface area contributed by atoms with Crippen LogP contribution in [0.2, 0.25) is 5.02 Å². The third-order valence-corrected chi connectivity index (χ3v) is 3.75. The van der Waals surface area contributed by atoms with Crippen LogP contribution in [-0.2, 0) is 0 Å². The van der Waals surface area contributed by atoms with Crippen LogP contribution in [0.3, 0.4) is 0 Å². The summed E-state index contributed by atoms with van der Waals surface area (Å²) in [5.74, 6) is 0.412. The Kier molecular flexibility index (Phi) is 3.70. The van der Waals surface area contributed by atoms with E-state index in [1.54, 1.807) is 0 Å². The van der Waals surface area contributed by atoms with Crippen molar-refractivity contribution in [1.29, 1.82) is 0 Å². The Bertz CT molecular complexity index is 327. The molecule has 0 radical (unpaired) electrons. The van der Waals surface area contributed by atoms with Gasteiger partial charge < -0.3 is 5.11 Å². The van der Waals surface area contributed by atoms with E-state index in [1.807, 2.05) is 18.2 Å². The van der Waals surface area contributed by atoms with Crippen molar-refractivity contribution in [2.45, 2.75) is 31.8 Å². The molecular weight excluding hydrogens is 275 g/mol. The molecule has 1 atom stereocenters. The van der Waals surface area contributed by atoms with Crippen molar-refractivity contribution in [2.75, 3.05) is 0 Å². The molecule has 1 N–H and O–H groups in total. The zero-order valence-electron chi connectivity index (χ0n) is 8.42. The molecule has 0 bridgehead atoms. The lowest BCUT2D eigenvalue weighted by atomic mass is 9.94. The molecule has 3 heteroatoms. The zero-order chi connectivity index (χ0) is 10.8. The van der Waals surface area contributed by atoms with Gasteiger partial charge in [-0.3, -0.25) is 0 Å². The summed E-state index contributed by atoms with van der Waals surface area (Å²) in [4.78, 5) is 0. The normalized spacial score (nSPS) is 19.4. The van der Waals surface area contributed by atoms with Gasteiger partial charge in [-0.2, -0.15) is 0 Å². The fourth-order valence-electron chi connectivity index (χ4n) is 2.29. The molecule has 82 valence electrons. The predicted octanol–water partition coefficient (Wildman–Crippen LogP) is 4.33. The summed E-state index contributed by atoms with van der Waals surface area (Å²) in [5.41, 5.74) is 0.932. The van der Waals surface area contributed by atoms with Gasteiger partial charge in [0.1, 0.15) is 0 Å². The highest BCUT2D eigenvalue weighted by atomic mass is 79.9. The van der Waals surface area contributed by atoms with E-state index in [-0.39, 0.29) is 6.10 Å². The summed E-state index contributed by atoms with van der Waals surface area (Å²) in [5, 5.41) is 10.9. The van der Waals surface area contributed by atoms with E-state index in [4.69, 9.17) is 11.6 Å². The van der Waals surface area contributed by atoms with E-state index >= 15 is 0 Å². The summed E-state index contributed by atoms with van der Waals surface area (Å²) in [7, 11) is 0. The van der Waals surface area contributed by atoms with Gasteiger partial charge in [0, 0.05) is 9.50 Å². The molecule has 1 aromatic rings. The first-order valence-corrected chi connectivity index (χ1v) is 6.48. The Labute approximate surface area is 104 Å². The van der Waals surface area contributed by atoms with Crippen molar-refractivity contribution >= 4 is 27.5 Å². The highest BCUT2D eigenvalue weighted by Crippen LogP contribution is 2.37. The topological polar surface area (TPSA) is 20.2 Å². The van der Waals surface area contributed by atoms with Gasteiger partial charge in [-0.25, -0.2) is 0 Å². The molecule has 1 nitrogen and oxygen atoms in total. The average Bonchev–Trinajstić information content (AvgIpc) is 2.67. The van der Waals surface area contributed by atoms with E-state index in [9.17, 15) is 5.11 Å². The van der Waals surface area contributed by atoms with Gasteiger partial charge in [0.15, 0.2) is 0 Å². The fourth-order valence-corrected chi connectivity index (χ4v) is 3.18. The van der Waals surface area contributed by atoms with Crippen molar-refractivity contribution in [3.05, 3.63) is 33.3 Å². The molecule has 0 aromatic heterocycles. The maximum absolute atomic E-state index is 10.2. The Morgan fingerprint density at radius 2 is 1.93 bits per heavy atom. The number of hydrogen-bond acceptors (Lipinski definition) is 1. The molecule has 1 aliphatic carbocycles. The average molecular weight is 290 g/mol. The van der Waals surface area contributed by atoms with Crippen molar-refractivity contribution in [3.8, 4) is 0 Å². The Morgan fingerprint density at radius 1 is 1.27 bits per heavy atom. The maximum atomic E-state index is 10.2. The van der Waals surface area contributed by atoms with Crippen LogP contribution < -0.4 is 0 Å². The van der Waals surface area contributed by atoms with Gasteiger partial charge in [-0.05, 0) is 42.5 Å². The highest BCUT2D eigenvalue weighted by molar-refractivity contribution is 9.10. The van der Waals surface area contributed by atoms with Crippen molar-refractivity contribution in [3.63, 3.8) is 0 Å². The second kappa shape index (κ2) is 4.86. The van der Waals surface area contributed by atoms with E-state index in [2.05, 4.69) is 15.9 Å². The molecular formula is C12H14BrClO. The lowest BCUT2D eigenvalue weighted by Gasteiger charge is -2.18. The van der Waals surface area contributed by atoms with Gasteiger partial charge in [0.2, 0.25) is 0 Å². The summed E-state index contributed by atoms with van der Waals surface area (Å²) in [6.45, 7) is 0. The van der Waals surface area contributed by atoms with E-state index in [0.717, 1.165) is 22.9 Å². The number of hydrogen-bond donors (Lipinski definition) is 1. The summed E-state index contributed by atoms with van der Waals surface area (Å²) < 4.78 is 0.932. The van der Waals surface area contributed by atoms with Crippen LogP contribution in [0.25, 0.3) is 0 Å². The molecule has 15 heavy (non-hydrogen) atoms. The van der Waals surface area contributed by atoms with Crippen LogP contribution in [-0.4, -0.2) is 5.11 Å². The molecule has 1 saturated carbocycles. The molecule has 1 fully saturated rings. The molecule has 2 rings (SSSR count). The van der Waals surface area contributed by atoms with Crippen LogP contribution >= 0.6 is 27.5 Å². The van der Waals surface area contributed by atoms with Gasteiger partial charge in [0.25, 0.3) is 0 Å². The second-order valence-electron chi connectivity index (χ2n) is 4.19. The minimum absolute atomic E-state index is 0.359. The first-order valence-electron chi connectivity index (χ1n) is 5.31. The number of rotatable bonds is 2. The molecule has 0 spiro atoms. The van der Waals surface area contributed by atoms with E-state index in [1.165, 1.54) is 12.8 Å². The van der Waals surface area contributed by atoms with Crippen LogP contribution in [0.1, 0.15) is 37.4 Å². The fraction of sp³-hybridized carbons (Fsp3) is 0.500. The molecule has 0 heterocycles. The minimum Gasteiger partial charge on any atom is -0.388 e. The maximum Gasteiger partial charge on any atom is 0.0819 e. The zero-order valence-corrected chi connectivity index (χ0v) is 10.8. The molecule has 0 aliphatic heterocycles. The number of aliphatic hydroxyl groups is 1. The van der Waals surface area contributed by atoms with Crippen LogP contribution in [0.4, 0.5) is 0 Å². The third kappa shape index (κ3) is 2.74. The summed E-state index contributed by atoms with van der Waals surface area (Å²) in [6, 6.07) is 5.65. The Morgan fingerprint density at radius 3 is 2.53 bits per heavy atom. The molecule has 0 amide bonds. The highest BCUT2D eigenvalue weighted by Gasteiger charge is 2.24. The number of halogens is 2. The van der Waals surface area contributed by atoms with Crippen molar-refractivity contribution in [1.82, 2.24) is 0 Å². The third-order valence-electron chi connectivity index (χ3n) is 3.07. The largest absolute Gasteiger partial charge is 0.388 e. The van der Waals surface area contributed by atoms with Gasteiger partial charge in [-0.1, -0.05) is 40.4 Å². The quantitative estimate of drug-likeness (QED) is 0.859. The van der Waals surface area contributed by atoms with Crippen LogP contribution in [0.15, 0.2) is 22.7 Å². The summed E-state index contributed by atoms with van der Waals surface area (Å²) >= 11 is 9.35. The SMILES string of the molecule is OC(c1cc(Cl)cc(Br)c1)C1CCCC1. The van der Waals surface area contributed by atoms with Gasteiger partial charge in [0.05, 0.1) is 6.10 Å². The van der Waals surface area contributed by atoms with E-state index in [0.29, 0.717) is 10.9 Å². The lowest BCUT2D eigenvalue weighted by Crippen LogP contribution is -2.08. The summed E-state index contributed by atoms with van der Waals surface area (Å²) in [6.07, 6.45) is 4.38. The smallest absolute Gasteiger partial charge is 0.0819 e. The molecule has 1 aromatic carbocycles. The second-order valence-corrected chi connectivity index (χ2v) is 5.54. The number of aliphatic hydroxyl groups excluding tert-OH is 1. The first-order chi connectivity index (χ1) is 7.16. The van der Waals surface area contributed by atoms with Gasteiger partial charge in [-0.15, -0.1) is 0 Å². The van der Waals surface area contributed by atoms with Crippen molar-refractivity contribution in [2.24, 2.45) is 5.92 Å². The predicted molar refractivity (Wildman–Crippen MR) is 66.1 cm³/mol. The lowest BCUT2D eigenvalue weighted by molar-refractivity contribution is 0.111. The molecule has 1 aliphatic rings. The number of benzene rings is 1. The Hall–Kier alpha value is -0.0500. The molecule has 0 saturated heterocycles. The monoisotopic (exact) mass is 288 g/mol. The first kappa shape index (κ1) is 11.4. The van der Waals surface area contributed by atoms with Crippen molar-refractivity contribution < 1.29 is 5.11 Å². The van der Waals surface area contributed by atoms with Gasteiger partial charge >= 0.3 is 0 Å². The van der Waals surface area contributed by atoms with Crippen LogP contribution in [0, 0.1) is 5.92 Å². The Balaban J connectivity index is 2.20.